The third-order valence-corrected chi connectivity index (χ3v) is 7.61. The number of carboxylic acids is 2. The molecule has 2 aliphatic heterocycles. The van der Waals surface area contributed by atoms with E-state index in [1.54, 1.807) is 12.1 Å². The summed E-state index contributed by atoms with van der Waals surface area (Å²) < 4.78 is 0. The summed E-state index contributed by atoms with van der Waals surface area (Å²) in [7, 11) is 0. The van der Waals surface area contributed by atoms with Crippen molar-refractivity contribution in [2.75, 3.05) is 12.4 Å². The molecule has 0 radical (unpaired) electrons. The van der Waals surface area contributed by atoms with Gasteiger partial charge in [0.25, 0.3) is 11.8 Å². The van der Waals surface area contributed by atoms with E-state index in [2.05, 4.69) is 10.6 Å². The van der Waals surface area contributed by atoms with Crippen LogP contribution in [0.4, 0.5) is 0 Å². The first-order valence-corrected chi connectivity index (χ1v) is 12.8. The quantitative estimate of drug-likeness (QED) is 0.276. The summed E-state index contributed by atoms with van der Waals surface area (Å²) in [5.74, 6) is -3.92. The van der Waals surface area contributed by atoms with Gasteiger partial charge in [0.1, 0.15) is 23.2 Å². The summed E-state index contributed by atoms with van der Waals surface area (Å²) in [6.07, 6.45) is 0.0667. The molecule has 3 amide bonds. The molecule has 2 heterocycles. The fraction of sp³-hybridized carbons (Fsp3) is 0.480. The molecule has 0 aromatic heterocycles. The lowest BCUT2D eigenvalue weighted by Crippen LogP contribution is -2.70. The van der Waals surface area contributed by atoms with E-state index in [9.17, 15) is 39.3 Å². The van der Waals surface area contributed by atoms with Crippen molar-refractivity contribution in [2.45, 2.75) is 62.9 Å². The second kappa shape index (κ2) is 11.3. The van der Waals surface area contributed by atoms with E-state index in [1.807, 2.05) is 32.9 Å². The predicted octanol–water partition coefficient (Wildman–Crippen LogP) is 1.07. The summed E-state index contributed by atoms with van der Waals surface area (Å²) in [4.78, 5) is 61.7. The second-order valence-corrected chi connectivity index (χ2v) is 11.1. The molecule has 3 unspecified atom stereocenters. The Kier molecular flexibility index (Phi) is 8.64. The lowest BCUT2D eigenvalue weighted by atomic mass is 9.86. The minimum Gasteiger partial charge on any atom is -0.480 e. The number of hydrogen-bond donors (Lipinski definition) is 5. The maximum Gasteiger partial charge on any atom is 0.352 e. The van der Waals surface area contributed by atoms with Crippen LogP contribution in [0.5, 0.6) is 0 Å². The van der Waals surface area contributed by atoms with Crippen LogP contribution in [-0.4, -0.2) is 79.7 Å². The van der Waals surface area contributed by atoms with Crippen LogP contribution in [0.3, 0.4) is 0 Å². The molecular formula is C25H31N3O8S. The van der Waals surface area contributed by atoms with Crippen LogP contribution >= 0.6 is 11.8 Å². The number of aliphatic carboxylic acids is 2. The highest BCUT2D eigenvalue weighted by Gasteiger charge is 2.54. The highest BCUT2D eigenvalue weighted by molar-refractivity contribution is 8.00. The lowest BCUT2D eigenvalue weighted by molar-refractivity contribution is -0.150. The van der Waals surface area contributed by atoms with E-state index >= 15 is 0 Å². The molecule has 0 spiro atoms. The van der Waals surface area contributed by atoms with Crippen LogP contribution in [0.15, 0.2) is 35.5 Å². The third kappa shape index (κ3) is 6.31. The molecule has 0 saturated carbocycles. The Labute approximate surface area is 218 Å². The molecule has 1 fully saturated rings. The van der Waals surface area contributed by atoms with Gasteiger partial charge in [0.05, 0.1) is 6.61 Å². The minimum absolute atomic E-state index is 0.00322. The van der Waals surface area contributed by atoms with Gasteiger partial charge in [0.15, 0.2) is 0 Å². The number of fused-ring (bicyclic) bond motifs is 1. The molecule has 11 nitrogen and oxygen atoms in total. The van der Waals surface area contributed by atoms with Gasteiger partial charge in [0.2, 0.25) is 5.91 Å². The second-order valence-electron chi connectivity index (χ2n) is 9.95. The van der Waals surface area contributed by atoms with Gasteiger partial charge in [-0.15, -0.1) is 11.8 Å². The first-order chi connectivity index (χ1) is 17.3. The number of aliphatic hydroxyl groups is 1. The Hall–Kier alpha value is -3.38. The smallest absolute Gasteiger partial charge is 0.352 e. The van der Waals surface area contributed by atoms with Crippen LogP contribution in [-0.2, 0) is 24.6 Å². The van der Waals surface area contributed by atoms with E-state index in [4.69, 9.17) is 0 Å². The number of thioether (sulfide) groups is 1. The fourth-order valence-electron chi connectivity index (χ4n) is 4.14. The van der Waals surface area contributed by atoms with Crippen LogP contribution in [0, 0.1) is 0 Å². The molecule has 1 saturated heterocycles. The molecule has 1 aromatic carbocycles. The largest absolute Gasteiger partial charge is 0.480 e. The average molecular weight is 534 g/mol. The molecule has 37 heavy (non-hydrogen) atoms. The Morgan fingerprint density at radius 1 is 1.14 bits per heavy atom. The number of nitrogens with zero attached hydrogens (tertiary/aromatic N) is 1. The predicted molar refractivity (Wildman–Crippen MR) is 135 cm³/mol. The van der Waals surface area contributed by atoms with Crippen molar-refractivity contribution in [2.24, 2.45) is 0 Å². The zero-order valence-electron chi connectivity index (χ0n) is 20.8. The Balaban J connectivity index is 1.50. The monoisotopic (exact) mass is 533 g/mol. The molecule has 200 valence electrons. The zero-order chi connectivity index (χ0) is 27.5. The summed E-state index contributed by atoms with van der Waals surface area (Å²) in [6, 6.07) is 4.82. The Bertz CT molecular complexity index is 1130. The van der Waals surface area contributed by atoms with Gasteiger partial charge >= 0.3 is 11.9 Å². The standard InChI is InChI=1S/C25H31N3O8S/c1-25(2,3)15-9-7-13(8-10-15)20(31)26-16(23(33)34)5-4-6-17(30)27-18-21(32)28-19(24(35)36)14(11-29)12-37-22(18)28/h7-10,16,18,22,29H,4-6,11-12H2,1-3H3,(H,26,31)(H,27,30)(H,33,34)(H,35,36). The summed E-state index contributed by atoms with van der Waals surface area (Å²) in [5.41, 5.74) is 1.26. The lowest BCUT2D eigenvalue weighted by Gasteiger charge is -2.49. The van der Waals surface area contributed by atoms with Gasteiger partial charge in [0, 0.05) is 17.7 Å². The van der Waals surface area contributed by atoms with Gasteiger partial charge in [-0.2, -0.15) is 0 Å². The topological polar surface area (TPSA) is 173 Å². The molecule has 0 aliphatic carbocycles. The number of carboxylic acid groups (broad SMARTS) is 2. The molecule has 2 aliphatic rings. The van der Waals surface area contributed by atoms with Crippen LogP contribution in [0.25, 0.3) is 0 Å². The first kappa shape index (κ1) is 28.2. The highest BCUT2D eigenvalue weighted by Crippen LogP contribution is 2.40. The van der Waals surface area contributed by atoms with E-state index in [-0.39, 0.29) is 41.7 Å². The number of benzene rings is 1. The Morgan fingerprint density at radius 3 is 2.32 bits per heavy atom. The molecule has 3 atom stereocenters. The van der Waals surface area contributed by atoms with Crippen molar-refractivity contribution in [1.82, 2.24) is 15.5 Å². The normalized spacial score (nSPS) is 20.0. The SMILES string of the molecule is CC(C)(C)c1ccc(C(=O)NC(CCCC(=O)NC2C(=O)N3C(C(=O)O)=C(CO)CSC23)C(=O)O)cc1. The van der Waals surface area contributed by atoms with Gasteiger partial charge in [-0.25, -0.2) is 9.59 Å². The van der Waals surface area contributed by atoms with Crippen molar-refractivity contribution in [3.05, 3.63) is 46.7 Å². The highest BCUT2D eigenvalue weighted by atomic mass is 32.2. The maximum atomic E-state index is 12.5. The number of β-lactam (4-membered cyclic amide) rings is 1. The molecule has 5 N–H and O–H groups in total. The fourth-order valence-corrected chi connectivity index (χ4v) is 5.47. The van der Waals surface area contributed by atoms with E-state index < -0.39 is 53.7 Å². The number of carbonyl (C=O) groups excluding carboxylic acids is 3. The number of hydrogen-bond acceptors (Lipinski definition) is 7. The molecule has 3 rings (SSSR count). The number of rotatable bonds is 10. The molecular weight excluding hydrogens is 502 g/mol. The first-order valence-electron chi connectivity index (χ1n) is 11.8. The summed E-state index contributed by atoms with van der Waals surface area (Å²) in [6.45, 7) is 5.65. The minimum atomic E-state index is -1.32. The number of nitrogens with one attached hydrogen (secondary N) is 2. The van der Waals surface area contributed by atoms with Crippen molar-refractivity contribution < 1.29 is 39.3 Å². The molecule has 12 heteroatoms. The van der Waals surface area contributed by atoms with Crippen molar-refractivity contribution in [1.29, 1.82) is 0 Å². The average Bonchev–Trinajstić information content (AvgIpc) is 2.84. The summed E-state index contributed by atoms with van der Waals surface area (Å²) >= 11 is 1.24. The zero-order valence-corrected chi connectivity index (χ0v) is 21.6. The van der Waals surface area contributed by atoms with Gasteiger partial charge in [-0.3, -0.25) is 19.3 Å². The number of amides is 3. The Morgan fingerprint density at radius 2 is 1.78 bits per heavy atom. The maximum absolute atomic E-state index is 12.5. The number of aliphatic hydroxyl groups excluding tert-OH is 1. The number of carbonyl (C=O) groups is 5. The van der Waals surface area contributed by atoms with E-state index in [0.29, 0.717) is 5.56 Å². The van der Waals surface area contributed by atoms with E-state index in [0.717, 1.165) is 10.5 Å². The van der Waals surface area contributed by atoms with Crippen LogP contribution in [0.1, 0.15) is 56.0 Å². The molecule has 1 aromatic rings. The van der Waals surface area contributed by atoms with Crippen LogP contribution < -0.4 is 10.6 Å². The van der Waals surface area contributed by atoms with Crippen LogP contribution in [0.2, 0.25) is 0 Å². The van der Waals surface area contributed by atoms with Gasteiger partial charge in [-0.05, 0) is 41.5 Å². The van der Waals surface area contributed by atoms with Crippen molar-refractivity contribution in [3.63, 3.8) is 0 Å². The van der Waals surface area contributed by atoms with Gasteiger partial charge < -0.3 is 26.0 Å². The summed E-state index contributed by atoms with van der Waals surface area (Å²) in [5, 5.41) is 32.8. The van der Waals surface area contributed by atoms with Crippen molar-refractivity contribution in [3.8, 4) is 0 Å². The van der Waals surface area contributed by atoms with Crippen molar-refractivity contribution >= 4 is 41.4 Å². The van der Waals surface area contributed by atoms with E-state index in [1.165, 1.54) is 11.8 Å². The third-order valence-electron chi connectivity index (χ3n) is 6.27. The van der Waals surface area contributed by atoms with Gasteiger partial charge in [-0.1, -0.05) is 32.9 Å². The molecule has 0 bridgehead atoms.